The van der Waals surface area contributed by atoms with Crippen LogP contribution in [-0.4, -0.2) is 47.1 Å². The molecule has 138 valence electrons. The number of nitrogens with one attached hydrogen (secondary N) is 2. The summed E-state index contributed by atoms with van der Waals surface area (Å²) in [4.78, 5) is 2.46. The molecule has 0 aliphatic carbocycles. The second-order valence-corrected chi connectivity index (χ2v) is 7.05. The van der Waals surface area contributed by atoms with Crippen molar-refractivity contribution in [2.24, 2.45) is 0 Å². The average molecular weight is 362 g/mol. The van der Waals surface area contributed by atoms with Crippen molar-refractivity contribution in [3.63, 3.8) is 0 Å². The summed E-state index contributed by atoms with van der Waals surface area (Å²) in [6, 6.07) is 5.43. The Morgan fingerprint density at radius 2 is 2.19 bits per heavy atom. The molecule has 1 atom stereocenters. The van der Waals surface area contributed by atoms with Crippen LogP contribution in [0.4, 0.5) is 8.78 Å². The van der Waals surface area contributed by atoms with Crippen LogP contribution in [0, 0.1) is 0 Å². The molecule has 3 aliphatic heterocycles. The molecule has 4 heterocycles. The maximum Gasteiger partial charge on any atom is 0.586 e. The monoisotopic (exact) mass is 362 g/mol. The van der Waals surface area contributed by atoms with E-state index in [2.05, 4.69) is 25.2 Å². The number of hydrogen-bond donors (Lipinski definition) is 2. The largest absolute Gasteiger partial charge is 0.586 e. The number of piperidine rings is 1. The fourth-order valence-electron chi connectivity index (χ4n) is 4.15. The Morgan fingerprint density at radius 3 is 3.04 bits per heavy atom. The number of alkyl halides is 2. The van der Waals surface area contributed by atoms with E-state index in [0.29, 0.717) is 17.3 Å². The molecule has 1 aromatic carbocycles. The van der Waals surface area contributed by atoms with E-state index in [1.54, 1.807) is 12.1 Å². The van der Waals surface area contributed by atoms with Crippen LogP contribution in [0.15, 0.2) is 18.2 Å². The van der Waals surface area contributed by atoms with Gasteiger partial charge in [0.2, 0.25) is 0 Å². The smallest absolute Gasteiger partial charge is 0.395 e. The lowest BCUT2D eigenvalue weighted by Gasteiger charge is -2.37. The molecule has 0 bridgehead atoms. The van der Waals surface area contributed by atoms with Crippen LogP contribution in [0.3, 0.4) is 0 Å². The maximum atomic E-state index is 13.5. The Balaban J connectivity index is 1.49. The molecule has 6 nitrogen and oxygen atoms in total. The van der Waals surface area contributed by atoms with Crippen molar-refractivity contribution in [3.05, 3.63) is 29.5 Å². The first-order valence-corrected chi connectivity index (χ1v) is 9.01. The van der Waals surface area contributed by atoms with Crippen LogP contribution in [0.25, 0.3) is 11.3 Å². The van der Waals surface area contributed by atoms with Gasteiger partial charge in [-0.25, -0.2) is 0 Å². The van der Waals surface area contributed by atoms with E-state index in [0.717, 1.165) is 43.9 Å². The van der Waals surface area contributed by atoms with E-state index < -0.39 is 6.29 Å². The molecule has 2 N–H and O–H groups in total. The van der Waals surface area contributed by atoms with Crippen molar-refractivity contribution in [1.29, 1.82) is 0 Å². The van der Waals surface area contributed by atoms with E-state index in [1.165, 1.54) is 18.9 Å². The van der Waals surface area contributed by atoms with Gasteiger partial charge in [-0.1, -0.05) is 6.07 Å². The van der Waals surface area contributed by atoms with Crippen molar-refractivity contribution < 1.29 is 18.3 Å². The topological polar surface area (TPSA) is 62.4 Å². The maximum absolute atomic E-state index is 13.5. The predicted molar refractivity (Wildman–Crippen MR) is 90.2 cm³/mol. The van der Waals surface area contributed by atoms with Crippen LogP contribution in [-0.2, 0) is 13.0 Å². The zero-order valence-electron chi connectivity index (χ0n) is 14.2. The number of nitrogens with zero attached hydrogens (tertiary/aromatic N) is 2. The Kier molecular flexibility index (Phi) is 3.65. The van der Waals surface area contributed by atoms with Crippen LogP contribution in [0.1, 0.15) is 24.1 Å². The average Bonchev–Trinajstić information content (AvgIpc) is 3.20. The van der Waals surface area contributed by atoms with E-state index in [9.17, 15) is 8.78 Å². The number of aromatic nitrogens is 2. The molecule has 0 saturated carbocycles. The number of fused-ring (bicyclic) bond motifs is 2. The first-order valence-electron chi connectivity index (χ1n) is 9.01. The van der Waals surface area contributed by atoms with Gasteiger partial charge >= 0.3 is 6.29 Å². The van der Waals surface area contributed by atoms with Crippen LogP contribution in [0.2, 0.25) is 0 Å². The third kappa shape index (κ3) is 2.64. The summed E-state index contributed by atoms with van der Waals surface area (Å²) in [6.07, 6.45) is -0.395. The van der Waals surface area contributed by atoms with Gasteiger partial charge in [-0.15, -0.1) is 8.78 Å². The minimum Gasteiger partial charge on any atom is -0.395 e. The minimum atomic E-state index is -3.63. The molecule has 2 aromatic rings. The summed E-state index contributed by atoms with van der Waals surface area (Å²) >= 11 is 0. The first-order chi connectivity index (χ1) is 12.6. The van der Waals surface area contributed by atoms with E-state index in [4.69, 9.17) is 4.74 Å². The highest BCUT2D eigenvalue weighted by molar-refractivity contribution is 5.74. The van der Waals surface area contributed by atoms with Gasteiger partial charge in [-0.05, 0) is 31.5 Å². The second kappa shape index (κ2) is 5.92. The van der Waals surface area contributed by atoms with Gasteiger partial charge in [0, 0.05) is 48.9 Å². The number of benzene rings is 1. The normalized spacial score (nSPS) is 24.5. The van der Waals surface area contributed by atoms with Gasteiger partial charge in [0.15, 0.2) is 11.5 Å². The molecule has 3 aliphatic rings. The molecule has 26 heavy (non-hydrogen) atoms. The molecule has 0 radical (unpaired) electrons. The van der Waals surface area contributed by atoms with Gasteiger partial charge in [0.05, 0.1) is 0 Å². The number of hydrogen-bond acceptors (Lipinski definition) is 5. The zero-order chi connectivity index (χ0) is 17.7. The highest BCUT2D eigenvalue weighted by atomic mass is 19.3. The number of halogens is 2. The Bertz CT molecular complexity index is 833. The molecule has 1 unspecified atom stereocenters. The van der Waals surface area contributed by atoms with Crippen LogP contribution < -0.4 is 14.8 Å². The summed E-state index contributed by atoms with van der Waals surface area (Å²) < 4.78 is 36.4. The van der Waals surface area contributed by atoms with Gasteiger partial charge in [0.25, 0.3) is 0 Å². The third-order valence-corrected chi connectivity index (χ3v) is 5.43. The summed E-state index contributed by atoms with van der Waals surface area (Å²) in [7, 11) is 0. The van der Waals surface area contributed by atoms with Gasteiger partial charge < -0.3 is 14.8 Å². The van der Waals surface area contributed by atoms with Crippen molar-refractivity contribution >= 4 is 0 Å². The van der Waals surface area contributed by atoms with E-state index in [1.807, 2.05) is 0 Å². The number of para-hydroxylation sites is 1. The molecule has 1 aromatic heterocycles. The Morgan fingerprint density at radius 1 is 1.27 bits per heavy atom. The molecular weight excluding hydrogens is 342 g/mol. The van der Waals surface area contributed by atoms with Gasteiger partial charge in [-0.2, -0.15) is 5.10 Å². The van der Waals surface area contributed by atoms with Gasteiger partial charge in [-0.3, -0.25) is 10.00 Å². The molecule has 0 spiro atoms. The standard InChI is InChI=1S/C18H20F2N4O2/c19-18(20)25-15-5-1-4-12(17(15)26-18)16-13-10-24(8-6-14(13)22-23-16)11-3-2-7-21-9-11/h1,4-5,11,21H,2-3,6-10H2,(H,22,23). The highest BCUT2D eigenvalue weighted by Gasteiger charge is 2.45. The summed E-state index contributed by atoms with van der Waals surface area (Å²) in [5, 5.41) is 11.0. The van der Waals surface area contributed by atoms with Crippen LogP contribution >= 0.6 is 0 Å². The summed E-state index contributed by atoms with van der Waals surface area (Å²) in [5.41, 5.74) is 3.35. The molecule has 5 rings (SSSR count). The van der Waals surface area contributed by atoms with Crippen molar-refractivity contribution in [2.75, 3.05) is 19.6 Å². The van der Waals surface area contributed by atoms with E-state index in [-0.39, 0.29) is 11.5 Å². The summed E-state index contributed by atoms with van der Waals surface area (Å²) in [5.74, 6) is 0.108. The number of aromatic amines is 1. The molecule has 0 amide bonds. The first kappa shape index (κ1) is 16.0. The van der Waals surface area contributed by atoms with E-state index >= 15 is 0 Å². The lowest BCUT2D eigenvalue weighted by atomic mass is 9.97. The molecule has 1 fully saturated rings. The number of H-pyrrole nitrogens is 1. The van der Waals surface area contributed by atoms with Gasteiger partial charge in [0.1, 0.15) is 5.69 Å². The SMILES string of the molecule is FC1(F)Oc2cccc(-c3n[nH]c4c3CN(C3CCCNC3)CC4)c2O1. The third-order valence-electron chi connectivity index (χ3n) is 5.43. The van der Waals surface area contributed by atoms with Crippen molar-refractivity contribution in [1.82, 2.24) is 20.4 Å². The second-order valence-electron chi connectivity index (χ2n) is 7.05. The lowest BCUT2D eigenvalue weighted by molar-refractivity contribution is -0.286. The predicted octanol–water partition coefficient (Wildman–Crippen LogP) is 2.51. The fraction of sp³-hybridized carbons (Fsp3) is 0.500. The molecule has 8 heteroatoms. The minimum absolute atomic E-state index is 0.0494. The summed E-state index contributed by atoms with van der Waals surface area (Å²) in [6.45, 7) is 3.81. The highest BCUT2D eigenvalue weighted by Crippen LogP contribution is 2.47. The fourth-order valence-corrected chi connectivity index (χ4v) is 4.15. The quantitative estimate of drug-likeness (QED) is 0.860. The number of ether oxygens (including phenoxy) is 2. The Labute approximate surface area is 149 Å². The van der Waals surface area contributed by atoms with Crippen LogP contribution in [0.5, 0.6) is 11.5 Å². The molecule has 1 saturated heterocycles. The van der Waals surface area contributed by atoms with Crippen molar-refractivity contribution in [2.45, 2.75) is 38.1 Å². The van der Waals surface area contributed by atoms with Crippen molar-refractivity contribution in [3.8, 4) is 22.8 Å². The molecular formula is C18H20F2N4O2. The zero-order valence-corrected chi connectivity index (χ0v) is 14.2. The Hall–Kier alpha value is -2.19. The number of rotatable bonds is 2. The lowest BCUT2D eigenvalue weighted by Crippen LogP contribution is -2.47.